The third-order valence-corrected chi connectivity index (χ3v) is 0.516. The van der Waals surface area contributed by atoms with Crippen LogP contribution in [0, 0.1) is 0 Å². The normalized spacial score (nSPS) is 14.5. The van der Waals surface area contributed by atoms with Crippen LogP contribution in [0.1, 0.15) is 13.3 Å². The molecule has 0 aliphatic rings. The van der Waals surface area contributed by atoms with Crippen molar-refractivity contribution >= 4 is 0 Å². The van der Waals surface area contributed by atoms with Gasteiger partial charge in [0.15, 0.2) is 0 Å². The summed E-state index contributed by atoms with van der Waals surface area (Å²) in [5.74, 6) is 0. The molecule has 0 heterocycles. The third-order valence-electron chi connectivity index (χ3n) is 0.516. The Bertz CT molecular complexity index is 28.7. The number of alkyl halides is 1. The van der Waals surface area contributed by atoms with Gasteiger partial charge >= 0.3 is 0 Å². The molecular weight excluding hydrogens is 83.0 g/mol. The second-order valence-corrected chi connectivity index (χ2v) is 1.27. The van der Waals surface area contributed by atoms with Gasteiger partial charge in [-0.15, -0.1) is 0 Å². The molecule has 2 heteroatoms. The fourth-order valence-electron chi connectivity index (χ4n) is 0.162. The Morgan fingerprint density at radius 3 is 2.33 bits per heavy atom. The summed E-state index contributed by atoms with van der Waals surface area (Å²) < 4.78 is 11.5. The molecule has 0 spiro atoms. The van der Waals surface area contributed by atoms with Gasteiger partial charge in [0, 0.05) is 6.42 Å². The van der Waals surface area contributed by atoms with Gasteiger partial charge in [0.1, 0.15) is 0 Å². The van der Waals surface area contributed by atoms with E-state index in [1.54, 1.807) is 0 Å². The highest BCUT2D eigenvalue weighted by Gasteiger charge is 1.92. The van der Waals surface area contributed by atoms with Crippen molar-refractivity contribution in [2.75, 3.05) is 6.61 Å². The van der Waals surface area contributed by atoms with E-state index in [0.29, 0.717) is 0 Å². The summed E-state index contributed by atoms with van der Waals surface area (Å²) in [6.45, 7) is 1.09. The Kier molecular flexibility index (Phi) is 3.04. The van der Waals surface area contributed by atoms with Crippen LogP contribution in [0.3, 0.4) is 0 Å². The summed E-state index contributed by atoms with van der Waals surface area (Å²) in [4.78, 5) is 0. The van der Waals surface area contributed by atoms with Crippen LogP contribution in [0.4, 0.5) is 4.39 Å². The molecule has 0 bridgehead atoms. The maximum atomic E-state index is 11.5. The van der Waals surface area contributed by atoms with E-state index in [9.17, 15) is 9.50 Å². The standard InChI is InChI=1S/C4H8FO/c1-4(5)2-3-6/h4H,2-3H2,1H3. The van der Waals surface area contributed by atoms with E-state index in [1.807, 2.05) is 0 Å². The summed E-state index contributed by atoms with van der Waals surface area (Å²) in [6, 6.07) is 0. The first-order valence-electron chi connectivity index (χ1n) is 1.99. The van der Waals surface area contributed by atoms with Crippen LogP contribution >= 0.6 is 0 Å². The predicted octanol–water partition coefficient (Wildman–Crippen LogP) is 1.17. The van der Waals surface area contributed by atoms with Crippen molar-refractivity contribution in [2.24, 2.45) is 0 Å². The fraction of sp³-hybridized carbons (Fsp3) is 1.00. The van der Waals surface area contributed by atoms with Crippen molar-refractivity contribution < 1.29 is 9.50 Å². The molecule has 6 heavy (non-hydrogen) atoms. The molecule has 1 nitrogen and oxygen atoms in total. The molecule has 0 aromatic carbocycles. The first-order chi connectivity index (χ1) is 2.77. The van der Waals surface area contributed by atoms with Gasteiger partial charge in [0.2, 0.25) is 0 Å². The molecule has 1 radical (unpaired) electrons. The van der Waals surface area contributed by atoms with E-state index in [-0.39, 0.29) is 13.0 Å². The number of hydrogen-bond acceptors (Lipinski definition) is 0. The molecule has 0 saturated carbocycles. The van der Waals surface area contributed by atoms with Crippen LogP contribution in [0.15, 0.2) is 0 Å². The monoisotopic (exact) mass is 91.1 g/mol. The van der Waals surface area contributed by atoms with Crippen LogP contribution in [-0.2, 0) is 5.11 Å². The first kappa shape index (κ1) is 5.89. The van der Waals surface area contributed by atoms with Crippen LogP contribution < -0.4 is 0 Å². The van der Waals surface area contributed by atoms with Crippen LogP contribution in [0.5, 0.6) is 0 Å². The van der Waals surface area contributed by atoms with Crippen LogP contribution in [0.25, 0.3) is 0 Å². The summed E-state index contributed by atoms with van der Waals surface area (Å²) >= 11 is 0. The zero-order valence-electron chi connectivity index (χ0n) is 3.78. The molecule has 0 N–H and O–H groups in total. The van der Waals surface area contributed by atoms with Crippen molar-refractivity contribution in [2.45, 2.75) is 19.5 Å². The van der Waals surface area contributed by atoms with E-state index in [4.69, 9.17) is 0 Å². The van der Waals surface area contributed by atoms with Gasteiger partial charge in [-0.2, -0.15) is 0 Å². The number of hydrogen-bond donors (Lipinski definition) is 0. The highest BCUT2D eigenvalue weighted by molar-refractivity contribution is 4.41. The molecule has 0 amide bonds. The lowest BCUT2D eigenvalue weighted by atomic mass is 10.3. The molecule has 0 aliphatic heterocycles. The largest absolute Gasteiger partial charge is 0.248 e. The minimum absolute atomic E-state index is 0.153. The number of halogens is 1. The summed E-state index contributed by atoms with van der Waals surface area (Å²) in [5, 5.41) is 9.50. The Morgan fingerprint density at radius 1 is 1.83 bits per heavy atom. The topological polar surface area (TPSA) is 19.9 Å². The lowest BCUT2D eigenvalue weighted by molar-refractivity contribution is 0.159. The first-order valence-corrected chi connectivity index (χ1v) is 1.99. The maximum absolute atomic E-state index is 11.5. The van der Waals surface area contributed by atoms with Crippen molar-refractivity contribution in [3.63, 3.8) is 0 Å². The smallest absolute Gasteiger partial charge is 0.0996 e. The van der Waals surface area contributed by atoms with Crippen molar-refractivity contribution in [1.82, 2.24) is 0 Å². The van der Waals surface area contributed by atoms with Gasteiger partial charge in [-0.3, -0.25) is 0 Å². The summed E-state index contributed by atoms with van der Waals surface area (Å²) in [6.07, 6.45) is -0.762. The zero-order valence-corrected chi connectivity index (χ0v) is 3.78. The Balaban J connectivity index is 2.63. The second-order valence-electron chi connectivity index (χ2n) is 1.27. The molecule has 0 fully saturated rings. The van der Waals surface area contributed by atoms with Gasteiger partial charge < -0.3 is 0 Å². The molecule has 0 aromatic rings. The molecule has 0 saturated heterocycles. The van der Waals surface area contributed by atoms with Crippen LogP contribution in [-0.4, -0.2) is 12.8 Å². The van der Waals surface area contributed by atoms with E-state index in [1.165, 1.54) is 6.92 Å². The molecule has 1 atom stereocenters. The molecule has 0 aliphatic carbocycles. The highest BCUT2D eigenvalue weighted by atomic mass is 19.1. The molecule has 0 aromatic heterocycles. The van der Waals surface area contributed by atoms with Gasteiger partial charge in [-0.1, -0.05) is 0 Å². The van der Waals surface area contributed by atoms with Gasteiger partial charge in [-0.05, 0) is 6.92 Å². The Labute approximate surface area is 36.8 Å². The average molecular weight is 91.1 g/mol. The molecule has 0 rings (SSSR count). The molecule has 37 valence electrons. The van der Waals surface area contributed by atoms with Crippen LogP contribution in [0.2, 0.25) is 0 Å². The van der Waals surface area contributed by atoms with E-state index < -0.39 is 6.17 Å². The average Bonchev–Trinajstić information content (AvgIpc) is 1.35. The van der Waals surface area contributed by atoms with Crippen molar-refractivity contribution in [1.29, 1.82) is 0 Å². The number of rotatable bonds is 2. The van der Waals surface area contributed by atoms with E-state index >= 15 is 0 Å². The zero-order chi connectivity index (χ0) is 4.99. The van der Waals surface area contributed by atoms with Gasteiger partial charge in [0.05, 0.1) is 12.8 Å². The maximum Gasteiger partial charge on any atom is 0.0996 e. The molecule has 1 unspecified atom stereocenters. The van der Waals surface area contributed by atoms with E-state index in [2.05, 4.69) is 0 Å². The lowest BCUT2D eigenvalue weighted by Gasteiger charge is -1.89. The predicted molar refractivity (Wildman–Crippen MR) is 20.7 cm³/mol. The van der Waals surface area contributed by atoms with Crippen molar-refractivity contribution in [3.8, 4) is 0 Å². The van der Waals surface area contributed by atoms with E-state index in [0.717, 1.165) is 0 Å². The van der Waals surface area contributed by atoms with Gasteiger partial charge in [-0.25, -0.2) is 9.50 Å². The minimum atomic E-state index is -0.914. The molecular formula is C4H8FO. The highest BCUT2D eigenvalue weighted by Crippen LogP contribution is 1.91. The Hall–Kier alpha value is -0.110. The van der Waals surface area contributed by atoms with Gasteiger partial charge in [0.25, 0.3) is 0 Å². The lowest BCUT2D eigenvalue weighted by Crippen LogP contribution is -1.93. The summed E-state index contributed by atoms with van der Waals surface area (Å²) in [5.41, 5.74) is 0. The minimum Gasteiger partial charge on any atom is -0.248 e. The van der Waals surface area contributed by atoms with Crippen molar-refractivity contribution in [3.05, 3.63) is 0 Å². The SMILES string of the molecule is CC(F)CC[O]. The second kappa shape index (κ2) is 3.09. The quantitative estimate of drug-likeness (QED) is 0.486. The fourth-order valence-corrected chi connectivity index (χ4v) is 0.162. The summed E-state index contributed by atoms with van der Waals surface area (Å²) in [7, 11) is 0. The third kappa shape index (κ3) is 3.89. The Morgan fingerprint density at radius 2 is 2.33 bits per heavy atom.